The molecule has 4 rings (SSSR count). The van der Waals surface area contributed by atoms with Crippen molar-refractivity contribution < 1.29 is 13.5 Å². The summed E-state index contributed by atoms with van der Waals surface area (Å²) in [7, 11) is -0.0580. The quantitative estimate of drug-likeness (QED) is 0.357. The van der Waals surface area contributed by atoms with Gasteiger partial charge in [0, 0.05) is 51.8 Å². The van der Waals surface area contributed by atoms with Crippen LogP contribution in [0, 0.1) is 0 Å². The Morgan fingerprint density at radius 2 is 1.65 bits per heavy atom. The minimum absolute atomic E-state index is 0.0884. The van der Waals surface area contributed by atoms with E-state index in [-0.39, 0.29) is 12.3 Å². The zero-order valence-electron chi connectivity index (χ0n) is 21.1. The number of rotatable bonds is 10. The highest BCUT2D eigenvalue weighted by molar-refractivity contribution is 7.91. The van der Waals surface area contributed by atoms with Crippen LogP contribution < -0.4 is 11.2 Å². The number of piperazine rings is 1. The number of β-amino-alcohol motifs (C(OH)–C–C–N with tert-alkyl or cyclic N) is 1. The Balaban J connectivity index is 1.22. The highest BCUT2D eigenvalue weighted by Crippen LogP contribution is 2.17. The standard InChI is InChI=1S/C24H33ClN6O5S/c1-27-17-26-22-21(27)23(33)31(24(34)28(22)2)16-19(32)15-30-12-10-29(11-13-30)9-3-4-14-37(35,36)20-7-5-18(25)6-8-20/h5-8,17,19,32H,3-4,9-16H2,1-2H3. The first-order chi connectivity index (χ1) is 17.6. The van der Waals surface area contributed by atoms with E-state index < -0.39 is 27.2 Å². The Kier molecular flexibility index (Phi) is 8.54. The first kappa shape index (κ1) is 27.5. The topological polar surface area (TPSA) is 123 Å². The van der Waals surface area contributed by atoms with E-state index in [9.17, 15) is 23.1 Å². The highest BCUT2D eigenvalue weighted by atomic mass is 35.5. The molecule has 13 heteroatoms. The zero-order chi connectivity index (χ0) is 26.7. The van der Waals surface area contributed by atoms with Gasteiger partial charge in [-0.2, -0.15) is 0 Å². The second-order valence-corrected chi connectivity index (χ2v) is 12.1. The van der Waals surface area contributed by atoms with Crippen molar-refractivity contribution in [1.82, 2.24) is 28.5 Å². The fourth-order valence-electron chi connectivity index (χ4n) is 4.71. The summed E-state index contributed by atoms with van der Waals surface area (Å²) < 4.78 is 28.9. The van der Waals surface area contributed by atoms with Gasteiger partial charge in [0.2, 0.25) is 0 Å². The summed E-state index contributed by atoms with van der Waals surface area (Å²) in [6.45, 7) is 4.17. The summed E-state index contributed by atoms with van der Waals surface area (Å²) >= 11 is 5.84. The number of aryl methyl sites for hydroxylation is 2. The van der Waals surface area contributed by atoms with Gasteiger partial charge in [-0.25, -0.2) is 18.2 Å². The monoisotopic (exact) mass is 552 g/mol. The lowest BCUT2D eigenvalue weighted by Gasteiger charge is -2.35. The first-order valence-electron chi connectivity index (χ1n) is 12.3. The lowest BCUT2D eigenvalue weighted by Crippen LogP contribution is -2.50. The fraction of sp³-hybridized carbons (Fsp3) is 0.542. The maximum absolute atomic E-state index is 12.8. The number of nitrogens with zero attached hydrogens (tertiary/aromatic N) is 6. The number of hydrogen-bond acceptors (Lipinski definition) is 8. The Morgan fingerprint density at radius 1 is 1.00 bits per heavy atom. The van der Waals surface area contributed by atoms with Crippen LogP contribution in [0.15, 0.2) is 45.1 Å². The van der Waals surface area contributed by atoms with Crippen molar-refractivity contribution in [1.29, 1.82) is 0 Å². The molecule has 0 aliphatic carbocycles. The van der Waals surface area contributed by atoms with Crippen LogP contribution in [-0.2, 0) is 30.5 Å². The SMILES string of the molecule is Cn1cnc2c1c(=O)n(CC(O)CN1CCN(CCCCS(=O)(=O)c3ccc(Cl)cc3)CC1)c(=O)n2C. The predicted molar refractivity (Wildman–Crippen MR) is 142 cm³/mol. The summed E-state index contributed by atoms with van der Waals surface area (Å²) in [6.07, 6.45) is 1.97. The Bertz CT molecular complexity index is 1460. The number of imidazole rings is 1. The molecule has 1 unspecified atom stereocenters. The second kappa shape index (κ2) is 11.5. The molecule has 0 bridgehead atoms. The molecule has 3 heterocycles. The summed E-state index contributed by atoms with van der Waals surface area (Å²) in [5.74, 6) is 0.101. The number of hydrogen-bond donors (Lipinski definition) is 1. The van der Waals surface area contributed by atoms with E-state index in [0.29, 0.717) is 34.0 Å². The molecule has 1 atom stereocenters. The van der Waals surface area contributed by atoms with Crippen LogP contribution >= 0.6 is 11.6 Å². The molecule has 0 radical (unpaired) electrons. The van der Waals surface area contributed by atoms with Crippen molar-refractivity contribution in [2.24, 2.45) is 14.1 Å². The van der Waals surface area contributed by atoms with Crippen LogP contribution in [0.5, 0.6) is 0 Å². The molecule has 1 N–H and O–H groups in total. The number of benzene rings is 1. The van der Waals surface area contributed by atoms with Crippen LogP contribution in [0.1, 0.15) is 12.8 Å². The van der Waals surface area contributed by atoms with Crippen molar-refractivity contribution in [2.75, 3.05) is 45.0 Å². The van der Waals surface area contributed by atoms with Crippen molar-refractivity contribution in [3.8, 4) is 0 Å². The fourth-order valence-corrected chi connectivity index (χ4v) is 6.20. The average molecular weight is 553 g/mol. The van der Waals surface area contributed by atoms with Crippen molar-refractivity contribution >= 4 is 32.6 Å². The van der Waals surface area contributed by atoms with Gasteiger partial charge in [0.25, 0.3) is 5.56 Å². The maximum Gasteiger partial charge on any atom is 0.332 e. The molecule has 0 spiro atoms. The van der Waals surface area contributed by atoms with Crippen molar-refractivity contribution in [2.45, 2.75) is 30.4 Å². The lowest BCUT2D eigenvalue weighted by molar-refractivity contribution is 0.0628. The summed E-state index contributed by atoms with van der Waals surface area (Å²) in [5, 5.41) is 11.2. The highest BCUT2D eigenvalue weighted by Gasteiger charge is 2.22. The van der Waals surface area contributed by atoms with E-state index in [1.54, 1.807) is 30.8 Å². The lowest BCUT2D eigenvalue weighted by atomic mass is 10.2. The van der Waals surface area contributed by atoms with E-state index >= 15 is 0 Å². The van der Waals surface area contributed by atoms with E-state index in [0.717, 1.165) is 43.7 Å². The minimum atomic E-state index is -3.31. The molecule has 1 aliphatic rings. The number of aliphatic hydroxyl groups excluding tert-OH is 1. The third-order valence-electron chi connectivity index (χ3n) is 6.84. The molecule has 1 fully saturated rings. The zero-order valence-corrected chi connectivity index (χ0v) is 22.7. The number of fused-ring (bicyclic) bond motifs is 1. The third kappa shape index (κ3) is 6.32. The molecule has 202 valence electrons. The van der Waals surface area contributed by atoms with Crippen LogP contribution in [0.3, 0.4) is 0 Å². The van der Waals surface area contributed by atoms with Gasteiger partial charge in [0.1, 0.15) is 0 Å². The molecular weight excluding hydrogens is 520 g/mol. The predicted octanol–water partition coefficient (Wildman–Crippen LogP) is 0.320. The summed E-state index contributed by atoms with van der Waals surface area (Å²) in [6, 6.07) is 6.25. The summed E-state index contributed by atoms with van der Waals surface area (Å²) in [5.41, 5.74) is -0.316. The minimum Gasteiger partial charge on any atom is -0.390 e. The first-order valence-corrected chi connectivity index (χ1v) is 14.3. The summed E-state index contributed by atoms with van der Waals surface area (Å²) in [4.78, 5) is 34.3. The molecule has 11 nitrogen and oxygen atoms in total. The van der Waals surface area contributed by atoms with Gasteiger partial charge < -0.3 is 14.6 Å². The second-order valence-electron chi connectivity index (χ2n) is 9.56. The van der Waals surface area contributed by atoms with Gasteiger partial charge in [-0.05, 0) is 43.7 Å². The molecule has 3 aromatic rings. The van der Waals surface area contributed by atoms with E-state index in [2.05, 4.69) is 14.8 Å². The van der Waals surface area contributed by atoms with Crippen LogP contribution in [-0.4, -0.2) is 93.1 Å². The largest absolute Gasteiger partial charge is 0.390 e. The molecule has 0 saturated carbocycles. The van der Waals surface area contributed by atoms with Gasteiger partial charge in [-0.3, -0.25) is 18.8 Å². The average Bonchev–Trinajstić information content (AvgIpc) is 3.26. The van der Waals surface area contributed by atoms with Gasteiger partial charge >= 0.3 is 5.69 Å². The molecule has 37 heavy (non-hydrogen) atoms. The Labute approximate surface area is 220 Å². The number of unbranched alkanes of at least 4 members (excludes halogenated alkanes) is 1. The van der Waals surface area contributed by atoms with Gasteiger partial charge in [0.15, 0.2) is 21.0 Å². The van der Waals surface area contributed by atoms with E-state index in [1.165, 1.54) is 23.0 Å². The van der Waals surface area contributed by atoms with E-state index in [4.69, 9.17) is 11.6 Å². The molecule has 1 aromatic carbocycles. The normalized spacial score (nSPS) is 16.4. The van der Waals surface area contributed by atoms with Crippen LogP contribution in [0.25, 0.3) is 11.2 Å². The van der Waals surface area contributed by atoms with Gasteiger partial charge in [-0.1, -0.05) is 11.6 Å². The smallest absolute Gasteiger partial charge is 0.332 e. The molecular formula is C24H33ClN6O5S. The number of aromatic nitrogens is 4. The molecule has 1 saturated heterocycles. The third-order valence-corrected chi connectivity index (χ3v) is 8.91. The van der Waals surface area contributed by atoms with Gasteiger partial charge in [0.05, 0.1) is 29.6 Å². The maximum atomic E-state index is 12.8. The van der Waals surface area contributed by atoms with Gasteiger partial charge in [-0.15, -0.1) is 0 Å². The Morgan fingerprint density at radius 3 is 2.32 bits per heavy atom. The van der Waals surface area contributed by atoms with Crippen molar-refractivity contribution in [3.05, 3.63) is 56.5 Å². The molecule has 2 aromatic heterocycles. The van der Waals surface area contributed by atoms with Crippen LogP contribution in [0.4, 0.5) is 0 Å². The molecule has 0 amide bonds. The Hall–Kier alpha value is -2.51. The number of halogens is 1. The van der Waals surface area contributed by atoms with E-state index in [1.807, 2.05) is 0 Å². The molecule has 1 aliphatic heterocycles. The number of sulfone groups is 1. The van der Waals surface area contributed by atoms with Crippen molar-refractivity contribution in [3.63, 3.8) is 0 Å². The van der Waals surface area contributed by atoms with Crippen LogP contribution in [0.2, 0.25) is 5.02 Å². The number of aliphatic hydroxyl groups is 1.